The maximum atomic E-state index is 11.8. The lowest BCUT2D eigenvalue weighted by Gasteiger charge is -2.09. The lowest BCUT2D eigenvalue weighted by Crippen LogP contribution is -2.03. The summed E-state index contributed by atoms with van der Waals surface area (Å²) in [6, 6.07) is 5.04. The van der Waals surface area contributed by atoms with Crippen LogP contribution < -0.4 is 4.74 Å². The zero-order chi connectivity index (χ0) is 14.1. The molecule has 1 aromatic carbocycles. The average molecular weight is 262 g/mol. The molecule has 0 unspecified atom stereocenters. The van der Waals surface area contributed by atoms with Crippen LogP contribution in [-0.4, -0.2) is 18.7 Å². The smallest absolute Gasteiger partial charge is 0.162 e. The summed E-state index contributed by atoms with van der Waals surface area (Å²) >= 11 is 0. The summed E-state index contributed by atoms with van der Waals surface area (Å²) in [5.74, 6) is 0.617. The van der Waals surface area contributed by atoms with E-state index in [-0.39, 0.29) is 5.78 Å². The minimum Gasteiger partial charge on any atom is -0.493 e. The lowest BCUT2D eigenvalue weighted by atomic mass is 10.0. The van der Waals surface area contributed by atoms with Crippen molar-refractivity contribution >= 4 is 12.1 Å². The molecule has 0 saturated carbocycles. The van der Waals surface area contributed by atoms with Crippen LogP contribution in [0, 0.1) is 0 Å². The van der Waals surface area contributed by atoms with Gasteiger partial charge in [0.15, 0.2) is 12.1 Å². The Hall–Kier alpha value is -1.64. The fraction of sp³-hybridized carbons (Fsp3) is 0.500. The van der Waals surface area contributed by atoms with Crippen LogP contribution in [0.25, 0.3) is 0 Å². The van der Waals surface area contributed by atoms with Gasteiger partial charge in [-0.25, -0.2) is 0 Å². The fourth-order valence-electron chi connectivity index (χ4n) is 1.84. The summed E-state index contributed by atoms with van der Waals surface area (Å²) in [6.45, 7) is 4.68. The third kappa shape index (κ3) is 4.86. The highest BCUT2D eigenvalue weighted by atomic mass is 16.5. The van der Waals surface area contributed by atoms with Gasteiger partial charge in [0.05, 0.1) is 12.2 Å². The van der Waals surface area contributed by atoms with E-state index in [0.29, 0.717) is 29.9 Å². The summed E-state index contributed by atoms with van der Waals surface area (Å²) in [5, 5.41) is 0. The van der Waals surface area contributed by atoms with E-state index in [1.165, 1.54) is 0 Å². The topological polar surface area (TPSA) is 43.4 Å². The Morgan fingerprint density at radius 3 is 2.63 bits per heavy atom. The van der Waals surface area contributed by atoms with Crippen LogP contribution >= 0.6 is 0 Å². The van der Waals surface area contributed by atoms with E-state index in [0.717, 1.165) is 32.0 Å². The molecule has 0 N–H and O–H groups in total. The molecule has 3 nitrogen and oxygen atoms in total. The van der Waals surface area contributed by atoms with Gasteiger partial charge in [-0.1, -0.05) is 32.8 Å². The van der Waals surface area contributed by atoms with Gasteiger partial charge in [0.1, 0.15) is 5.75 Å². The van der Waals surface area contributed by atoms with Gasteiger partial charge >= 0.3 is 0 Å². The van der Waals surface area contributed by atoms with Crippen molar-refractivity contribution in [2.24, 2.45) is 0 Å². The van der Waals surface area contributed by atoms with Gasteiger partial charge < -0.3 is 4.74 Å². The molecule has 0 aliphatic rings. The van der Waals surface area contributed by atoms with Gasteiger partial charge in [-0.05, 0) is 25.0 Å². The lowest BCUT2D eigenvalue weighted by molar-refractivity contribution is 0.0980. The molecule has 0 aliphatic carbocycles. The molecular formula is C16H22O3. The van der Waals surface area contributed by atoms with Crippen molar-refractivity contribution in [3.8, 4) is 5.75 Å². The van der Waals surface area contributed by atoms with Crippen LogP contribution in [0.4, 0.5) is 0 Å². The zero-order valence-electron chi connectivity index (χ0n) is 11.8. The number of aldehydes is 1. The predicted molar refractivity (Wildman–Crippen MR) is 76.1 cm³/mol. The number of hydrogen-bond donors (Lipinski definition) is 0. The molecule has 0 spiro atoms. The minimum atomic E-state index is 0.0957. The molecule has 0 heterocycles. The number of benzene rings is 1. The quantitative estimate of drug-likeness (QED) is 0.383. The highest BCUT2D eigenvalue weighted by molar-refractivity contribution is 5.97. The molecule has 1 rings (SSSR count). The van der Waals surface area contributed by atoms with Crippen molar-refractivity contribution in [3.05, 3.63) is 29.3 Å². The van der Waals surface area contributed by atoms with Crippen molar-refractivity contribution in [2.75, 3.05) is 6.61 Å². The van der Waals surface area contributed by atoms with Crippen molar-refractivity contribution in [1.82, 2.24) is 0 Å². The predicted octanol–water partition coefficient (Wildman–Crippen LogP) is 4.05. The second-order valence-corrected chi connectivity index (χ2v) is 4.60. The van der Waals surface area contributed by atoms with Crippen LogP contribution in [0.15, 0.2) is 18.2 Å². The Balaban J connectivity index is 2.77. The molecule has 3 heteroatoms. The average Bonchev–Trinajstić information content (AvgIpc) is 2.43. The molecule has 1 aromatic rings. The first-order valence-electron chi connectivity index (χ1n) is 6.98. The first-order chi connectivity index (χ1) is 9.22. The van der Waals surface area contributed by atoms with E-state index < -0.39 is 0 Å². The van der Waals surface area contributed by atoms with Crippen molar-refractivity contribution in [2.45, 2.75) is 46.0 Å². The monoisotopic (exact) mass is 262 g/mol. The van der Waals surface area contributed by atoms with Crippen molar-refractivity contribution in [3.63, 3.8) is 0 Å². The molecule has 0 bridgehead atoms. The number of Topliss-reactive ketones (excluding diaryl/α,β-unsaturated/α-hetero) is 1. The maximum Gasteiger partial charge on any atom is 0.162 e. The largest absolute Gasteiger partial charge is 0.493 e. The van der Waals surface area contributed by atoms with E-state index in [2.05, 4.69) is 6.92 Å². The van der Waals surface area contributed by atoms with Gasteiger partial charge in [0.2, 0.25) is 0 Å². The van der Waals surface area contributed by atoms with Gasteiger partial charge in [-0.3, -0.25) is 9.59 Å². The number of unbranched alkanes of at least 4 members (excludes halogenated alkanes) is 2. The summed E-state index contributed by atoms with van der Waals surface area (Å²) in [4.78, 5) is 22.8. The normalized spacial score (nSPS) is 10.2. The van der Waals surface area contributed by atoms with Gasteiger partial charge in [0, 0.05) is 12.0 Å². The number of rotatable bonds is 9. The third-order valence-electron chi connectivity index (χ3n) is 2.95. The second kappa shape index (κ2) is 8.46. The maximum absolute atomic E-state index is 11.8. The molecule has 0 aromatic heterocycles. The van der Waals surface area contributed by atoms with Crippen LogP contribution in [0.5, 0.6) is 5.75 Å². The molecule has 0 radical (unpaired) electrons. The third-order valence-corrected chi connectivity index (χ3v) is 2.95. The highest BCUT2D eigenvalue weighted by Gasteiger charge is 2.09. The van der Waals surface area contributed by atoms with Gasteiger partial charge in [-0.2, -0.15) is 0 Å². The first-order valence-corrected chi connectivity index (χ1v) is 6.98. The van der Waals surface area contributed by atoms with Gasteiger partial charge in [0.25, 0.3) is 0 Å². The van der Waals surface area contributed by atoms with Crippen molar-refractivity contribution < 1.29 is 14.3 Å². The summed E-state index contributed by atoms with van der Waals surface area (Å²) in [7, 11) is 0. The second-order valence-electron chi connectivity index (χ2n) is 4.60. The Morgan fingerprint density at radius 1 is 1.21 bits per heavy atom. The molecule has 104 valence electrons. The molecule has 0 fully saturated rings. The van der Waals surface area contributed by atoms with Crippen LogP contribution in [0.3, 0.4) is 0 Å². The number of ketones is 1. The zero-order valence-corrected chi connectivity index (χ0v) is 11.8. The summed E-state index contributed by atoms with van der Waals surface area (Å²) in [5.41, 5.74) is 1.13. The number of carbonyl (C=O) groups is 2. The van der Waals surface area contributed by atoms with Crippen LogP contribution in [-0.2, 0) is 0 Å². The molecule has 19 heavy (non-hydrogen) atoms. The standard InChI is InChI=1S/C16H22O3/c1-3-5-6-10-19-16-11-13(15(18)7-4-2)8-9-14(16)12-17/h8-9,11-12H,3-7,10H2,1-2H3. The van der Waals surface area contributed by atoms with Gasteiger partial charge in [-0.15, -0.1) is 0 Å². The van der Waals surface area contributed by atoms with E-state index >= 15 is 0 Å². The summed E-state index contributed by atoms with van der Waals surface area (Å²) in [6.07, 6.45) is 5.30. The Bertz CT molecular complexity index is 424. The van der Waals surface area contributed by atoms with E-state index in [1.807, 2.05) is 6.92 Å². The van der Waals surface area contributed by atoms with Crippen LogP contribution in [0.1, 0.15) is 66.7 Å². The molecule has 0 amide bonds. The number of ether oxygens (including phenoxy) is 1. The molecule has 0 saturated heterocycles. The van der Waals surface area contributed by atoms with E-state index in [4.69, 9.17) is 4.74 Å². The van der Waals surface area contributed by atoms with Crippen LogP contribution in [0.2, 0.25) is 0 Å². The SMILES string of the molecule is CCCCCOc1cc(C(=O)CCC)ccc1C=O. The minimum absolute atomic E-state index is 0.0957. The highest BCUT2D eigenvalue weighted by Crippen LogP contribution is 2.20. The Morgan fingerprint density at radius 2 is 2.00 bits per heavy atom. The Kier molecular flexibility index (Phi) is 6.86. The molecule has 0 aliphatic heterocycles. The van der Waals surface area contributed by atoms with E-state index in [9.17, 15) is 9.59 Å². The number of carbonyl (C=O) groups excluding carboxylic acids is 2. The summed E-state index contributed by atoms with van der Waals surface area (Å²) < 4.78 is 5.62. The Labute approximate surface area is 115 Å². The van der Waals surface area contributed by atoms with Crippen molar-refractivity contribution in [1.29, 1.82) is 0 Å². The first kappa shape index (κ1) is 15.4. The molecular weight excluding hydrogens is 240 g/mol. The van der Waals surface area contributed by atoms with E-state index in [1.54, 1.807) is 18.2 Å². The molecule has 0 atom stereocenters. The number of hydrogen-bond acceptors (Lipinski definition) is 3. The fourth-order valence-corrected chi connectivity index (χ4v) is 1.84.